The number of amides is 1. The highest BCUT2D eigenvalue weighted by Gasteiger charge is 2.21. The number of carbonyl (C=O) groups is 2. The number of pyridine rings is 1. The monoisotopic (exact) mass is 550 g/mol. The Hall–Kier alpha value is -4.66. The maximum absolute atomic E-state index is 12.7. The predicted molar refractivity (Wildman–Crippen MR) is 143 cm³/mol. The molecule has 192 valence electrons. The van der Waals surface area contributed by atoms with Crippen LogP contribution in [0.3, 0.4) is 0 Å². The van der Waals surface area contributed by atoms with Gasteiger partial charge in [-0.3, -0.25) is 4.79 Å². The number of aromatic nitrogens is 4. The average molecular weight is 551 g/mol. The molecule has 38 heavy (non-hydrogen) atoms. The van der Waals surface area contributed by atoms with Crippen molar-refractivity contribution in [2.75, 3.05) is 23.7 Å². The summed E-state index contributed by atoms with van der Waals surface area (Å²) in [6, 6.07) is 10.6. The lowest BCUT2D eigenvalue weighted by Crippen LogP contribution is -2.39. The van der Waals surface area contributed by atoms with E-state index >= 15 is 0 Å². The number of nitrogens with one attached hydrogen (secondary N) is 3. The number of halogens is 2. The first-order chi connectivity index (χ1) is 18.3. The lowest BCUT2D eigenvalue weighted by molar-refractivity contribution is -0.137. The van der Waals surface area contributed by atoms with Gasteiger partial charge in [0.1, 0.15) is 23.4 Å². The van der Waals surface area contributed by atoms with Crippen molar-refractivity contribution in [3.8, 4) is 17.3 Å². The van der Waals surface area contributed by atoms with Gasteiger partial charge in [-0.2, -0.15) is 10.4 Å². The molecule has 4 N–H and O–H groups in total. The molecule has 0 spiro atoms. The van der Waals surface area contributed by atoms with E-state index in [1.54, 1.807) is 36.5 Å². The molecule has 0 saturated heterocycles. The number of carboxylic acid groups (broad SMARTS) is 1. The number of hydrogen-bond donors (Lipinski definition) is 4. The fourth-order valence-electron chi connectivity index (χ4n) is 3.43. The molecular weight excluding hydrogens is 531 g/mol. The second-order valence-electron chi connectivity index (χ2n) is 7.88. The van der Waals surface area contributed by atoms with Crippen LogP contribution in [0.2, 0.25) is 10.0 Å². The molecule has 3 heterocycles. The Morgan fingerprint density at radius 1 is 1.18 bits per heavy atom. The summed E-state index contributed by atoms with van der Waals surface area (Å²) in [4.78, 5) is 32.8. The minimum Gasteiger partial charge on any atom is -0.479 e. The van der Waals surface area contributed by atoms with Gasteiger partial charge in [-0.05, 0) is 30.3 Å². The summed E-state index contributed by atoms with van der Waals surface area (Å²) in [6.45, 7) is 4.30. The fraction of sp³-hybridized carbons (Fsp3) is 0.120. The van der Waals surface area contributed by atoms with E-state index in [-0.39, 0.29) is 5.69 Å². The molecular formula is C25H20Cl2N8O3. The van der Waals surface area contributed by atoms with Crippen molar-refractivity contribution in [3.63, 3.8) is 0 Å². The molecule has 13 heteroatoms. The summed E-state index contributed by atoms with van der Waals surface area (Å²) in [6.07, 6.45) is 4.19. The number of hydrogen-bond acceptors (Lipinski definition) is 8. The molecule has 1 amide bonds. The molecule has 0 saturated carbocycles. The average Bonchev–Trinajstić information content (AvgIpc) is 3.34. The highest BCUT2D eigenvalue weighted by molar-refractivity contribution is 6.36. The smallest absolute Gasteiger partial charge is 0.330 e. The number of nitrogens with zero attached hydrogens (tertiary/aromatic N) is 5. The van der Waals surface area contributed by atoms with Crippen LogP contribution in [0, 0.1) is 11.3 Å². The second kappa shape index (κ2) is 11.6. The zero-order valence-electron chi connectivity index (χ0n) is 19.7. The van der Waals surface area contributed by atoms with Gasteiger partial charge in [-0.15, -0.1) is 6.58 Å². The van der Waals surface area contributed by atoms with E-state index in [2.05, 4.69) is 37.6 Å². The molecule has 3 aromatic heterocycles. The van der Waals surface area contributed by atoms with Crippen molar-refractivity contribution in [1.82, 2.24) is 24.9 Å². The molecule has 0 aliphatic rings. The van der Waals surface area contributed by atoms with Crippen molar-refractivity contribution in [3.05, 3.63) is 82.7 Å². The highest BCUT2D eigenvalue weighted by Crippen LogP contribution is 2.31. The van der Waals surface area contributed by atoms with Gasteiger partial charge >= 0.3 is 5.97 Å². The molecule has 0 bridgehead atoms. The van der Waals surface area contributed by atoms with Crippen LogP contribution < -0.4 is 16.0 Å². The van der Waals surface area contributed by atoms with Crippen molar-refractivity contribution < 1.29 is 14.7 Å². The molecule has 11 nitrogen and oxygen atoms in total. The van der Waals surface area contributed by atoms with Gasteiger partial charge in [-0.1, -0.05) is 29.3 Å². The quantitative estimate of drug-likeness (QED) is 0.170. The number of aliphatic carboxylic acids is 1. The zero-order valence-corrected chi connectivity index (χ0v) is 21.2. The molecule has 0 fully saturated rings. The summed E-state index contributed by atoms with van der Waals surface area (Å²) in [7, 11) is 0. The minimum atomic E-state index is -1.27. The van der Waals surface area contributed by atoms with Crippen LogP contribution in [0.4, 0.5) is 11.6 Å². The number of anilines is 2. The van der Waals surface area contributed by atoms with Gasteiger partial charge in [0.25, 0.3) is 5.91 Å². The number of nitriles is 1. The normalized spacial score (nSPS) is 11.4. The van der Waals surface area contributed by atoms with E-state index in [9.17, 15) is 14.7 Å². The fourth-order valence-corrected chi connectivity index (χ4v) is 3.94. The van der Waals surface area contributed by atoms with Gasteiger partial charge in [0, 0.05) is 35.9 Å². The maximum Gasteiger partial charge on any atom is 0.330 e. The molecule has 0 radical (unpaired) electrons. The lowest BCUT2D eigenvalue weighted by Gasteiger charge is -2.12. The molecule has 4 rings (SSSR count). The molecule has 1 aromatic carbocycles. The summed E-state index contributed by atoms with van der Waals surface area (Å²) in [5.74, 6) is -0.922. The van der Waals surface area contributed by atoms with E-state index in [0.29, 0.717) is 57.1 Å². The van der Waals surface area contributed by atoms with Crippen molar-refractivity contribution >= 4 is 52.2 Å². The first-order valence-electron chi connectivity index (χ1n) is 11.1. The topological polar surface area (TPSA) is 157 Å². The SMILES string of the molecule is C=C[C@H](NC(=O)c1cc2c(NCCNc3ccc(C#N)cn3)nc(-c3ccc(Cl)cc3Cl)cn2n1)C(=O)O. The number of carbonyl (C=O) groups excluding carboxylic acids is 1. The largest absolute Gasteiger partial charge is 0.479 e. The predicted octanol–water partition coefficient (Wildman–Crippen LogP) is 3.86. The van der Waals surface area contributed by atoms with Gasteiger partial charge < -0.3 is 21.1 Å². The second-order valence-corrected chi connectivity index (χ2v) is 8.72. The maximum atomic E-state index is 12.7. The number of fused-ring (bicyclic) bond motifs is 1. The zero-order chi connectivity index (χ0) is 27.2. The molecule has 0 unspecified atom stereocenters. The Labute approximate surface area is 226 Å². The Morgan fingerprint density at radius 3 is 2.63 bits per heavy atom. The van der Waals surface area contributed by atoms with Crippen LogP contribution in [0.15, 0.2) is 61.4 Å². The van der Waals surface area contributed by atoms with Crippen LogP contribution in [-0.4, -0.2) is 55.7 Å². The van der Waals surface area contributed by atoms with Crippen LogP contribution in [0.25, 0.3) is 16.8 Å². The molecule has 0 aliphatic heterocycles. The van der Waals surface area contributed by atoms with Crippen molar-refractivity contribution in [2.24, 2.45) is 0 Å². The first kappa shape index (κ1) is 26.4. The van der Waals surface area contributed by atoms with Crippen LogP contribution in [0.1, 0.15) is 16.1 Å². The third-order valence-electron chi connectivity index (χ3n) is 5.30. The van der Waals surface area contributed by atoms with E-state index < -0.39 is 17.9 Å². The third kappa shape index (κ3) is 6.00. The van der Waals surface area contributed by atoms with Crippen molar-refractivity contribution in [2.45, 2.75) is 6.04 Å². The summed E-state index contributed by atoms with van der Waals surface area (Å²) in [5, 5.41) is 32.0. The van der Waals surface area contributed by atoms with E-state index in [0.717, 1.165) is 6.08 Å². The standard InChI is InChI=1S/C25H20Cl2N8O3/c1-2-18(25(37)38)33-24(36)19-10-21-23(30-8-7-29-22-6-3-14(11-28)12-31-22)32-20(13-35(21)34-19)16-5-4-15(26)9-17(16)27/h2-6,9-10,12-13,18H,1,7-8H2,(H,29,31)(H,30,32)(H,33,36)(H,37,38)/t18-/m0/s1. The third-order valence-corrected chi connectivity index (χ3v) is 5.85. The molecule has 0 aliphatic carbocycles. The highest BCUT2D eigenvalue weighted by atomic mass is 35.5. The van der Waals surface area contributed by atoms with Gasteiger partial charge in [0.15, 0.2) is 11.5 Å². The summed E-state index contributed by atoms with van der Waals surface area (Å²) in [5.41, 5.74) is 1.99. The Morgan fingerprint density at radius 2 is 1.97 bits per heavy atom. The van der Waals surface area contributed by atoms with E-state index in [4.69, 9.17) is 28.5 Å². The van der Waals surface area contributed by atoms with Crippen LogP contribution >= 0.6 is 23.2 Å². The Balaban J connectivity index is 1.62. The van der Waals surface area contributed by atoms with Gasteiger partial charge in [0.2, 0.25) is 0 Å². The van der Waals surface area contributed by atoms with Gasteiger partial charge in [-0.25, -0.2) is 19.3 Å². The number of benzene rings is 1. The molecule has 1 atom stereocenters. The number of rotatable bonds is 10. The lowest BCUT2D eigenvalue weighted by atomic mass is 10.1. The van der Waals surface area contributed by atoms with E-state index in [1.807, 2.05) is 6.07 Å². The van der Waals surface area contributed by atoms with Crippen LogP contribution in [-0.2, 0) is 4.79 Å². The minimum absolute atomic E-state index is 0.0118. The Bertz CT molecular complexity index is 1560. The first-order valence-corrected chi connectivity index (χ1v) is 11.9. The number of carboxylic acids is 1. The Kier molecular flexibility index (Phi) is 8.06. The van der Waals surface area contributed by atoms with E-state index in [1.165, 1.54) is 16.8 Å². The van der Waals surface area contributed by atoms with Crippen molar-refractivity contribution in [1.29, 1.82) is 5.26 Å². The summed E-state index contributed by atoms with van der Waals surface area (Å²) >= 11 is 12.4. The molecule has 4 aromatic rings. The van der Waals surface area contributed by atoms with Crippen LogP contribution in [0.5, 0.6) is 0 Å². The van der Waals surface area contributed by atoms with Gasteiger partial charge in [0.05, 0.1) is 22.5 Å². The summed E-state index contributed by atoms with van der Waals surface area (Å²) < 4.78 is 1.46.